The SMILES string of the molecule is COc1ccc(-c2nnc(SCC(=O)Nc3cc(C)ccc3C)n2C)cc1. The van der Waals surface area contributed by atoms with E-state index < -0.39 is 0 Å². The van der Waals surface area contributed by atoms with E-state index in [-0.39, 0.29) is 11.7 Å². The van der Waals surface area contributed by atoms with E-state index >= 15 is 0 Å². The molecule has 0 bridgehead atoms. The maximum absolute atomic E-state index is 12.3. The summed E-state index contributed by atoms with van der Waals surface area (Å²) in [7, 11) is 3.53. The Labute approximate surface area is 163 Å². The molecule has 0 fully saturated rings. The molecular formula is C20H22N4O2S. The van der Waals surface area contributed by atoms with Crippen molar-refractivity contribution < 1.29 is 9.53 Å². The van der Waals surface area contributed by atoms with Crippen LogP contribution in [0, 0.1) is 13.8 Å². The number of ether oxygens (including phenoxy) is 1. The molecule has 1 amide bonds. The topological polar surface area (TPSA) is 69.0 Å². The van der Waals surface area contributed by atoms with Crippen molar-refractivity contribution in [1.82, 2.24) is 14.8 Å². The average Bonchev–Trinajstić information content (AvgIpc) is 3.03. The molecule has 6 nitrogen and oxygen atoms in total. The van der Waals surface area contributed by atoms with E-state index in [0.717, 1.165) is 34.0 Å². The molecule has 0 aliphatic heterocycles. The Morgan fingerprint density at radius 2 is 1.89 bits per heavy atom. The molecule has 0 saturated carbocycles. The Hall–Kier alpha value is -2.80. The number of aromatic nitrogens is 3. The number of amides is 1. The van der Waals surface area contributed by atoms with Crippen LogP contribution in [0.3, 0.4) is 0 Å². The Morgan fingerprint density at radius 1 is 1.15 bits per heavy atom. The summed E-state index contributed by atoms with van der Waals surface area (Å²) >= 11 is 1.36. The highest BCUT2D eigenvalue weighted by Crippen LogP contribution is 2.25. The Balaban J connectivity index is 1.65. The first-order valence-electron chi connectivity index (χ1n) is 8.51. The fourth-order valence-electron chi connectivity index (χ4n) is 2.62. The summed E-state index contributed by atoms with van der Waals surface area (Å²) in [5, 5.41) is 12.1. The number of nitrogens with one attached hydrogen (secondary N) is 1. The van der Waals surface area contributed by atoms with Crippen LogP contribution >= 0.6 is 11.8 Å². The van der Waals surface area contributed by atoms with Crippen LogP contribution in [0.25, 0.3) is 11.4 Å². The third-order valence-electron chi connectivity index (χ3n) is 4.18. The lowest BCUT2D eigenvalue weighted by atomic mass is 10.1. The zero-order valence-electron chi connectivity index (χ0n) is 15.8. The summed E-state index contributed by atoms with van der Waals surface area (Å²) in [6.45, 7) is 3.98. The van der Waals surface area contributed by atoms with E-state index in [2.05, 4.69) is 15.5 Å². The number of carbonyl (C=O) groups is 1. The first kappa shape index (κ1) is 19.0. The van der Waals surface area contributed by atoms with Gasteiger partial charge >= 0.3 is 0 Å². The number of anilines is 1. The Bertz CT molecular complexity index is 951. The first-order valence-corrected chi connectivity index (χ1v) is 9.50. The van der Waals surface area contributed by atoms with Gasteiger partial charge in [0, 0.05) is 18.3 Å². The van der Waals surface area contributed by atoms with Gasteiger partial charge in [-0.1, -0.05) is 23.9 Å². The molecule has 7 heteroatoms. The number of carbonyl (C=O) groups excluding carboxylic acids is 1. The van der Waals surface area contributed by atoms with Gasteiger partial charge in [-0.3, -0.25) is 4.79 Å². The molecule has 27 heavy (non-hydrogen) atoms. The monoisotopic (exact) mass is 382 g/mol. The number of thioether (sulfide) groups is 1. The normalized spacial score (nSPS) is 10.7. The Morgan fingerprint density at radius 3 is 2.59 bits per heavy atom. The summed E-state index contributed by atoms with van der Waals surface area (Å²) in [5.74, 6) is 1.73. The molecule has 1 heterocycles. The largest absolute Gasteiger partial charge is 0.497 e. The van der Waals surface area contributed by atoms with Crippen LogP contribution in [-0.4, -0.2) is 33.5 Å². The summed E-state index contributed by atoms with van der Waals surface area (Å²) in [6.07, 6.45) is 0. The third-order valence-corrected chi connectivity index (χ3v) is 5.20. The number of nitrogens with zero attached hydrogens (tertiary/aromatic N) is 3. The van der Waals surface area contributed by atoms with Gasteiger partial charge in [-0.15, -0.1) is 10.2 Å². The molecule has 0 aliphatic rings. The zero-order chi connectivity index (χ0) is 19.4. The molecule has 0 unspecified atom stereocenters. The number of aryl methyl sites for hydroxylation is 2. The lowest BCUT2D eigenvalue weighted by Crippen LogP contribution is -2.15. The molecular weight excluding hydrogens is 360 g/mol. The van der Waals surface area contributed by atoms with Crippen LogP contribution in [0.1, 0.15) is 11.1 Å². The number of hydrogen-bond donors (Lipinski definition) is 1. The number of rotatable bonds is 6. The molecule has 0 atom stereocenters. The minimum atomic E-state index is -0.0669. The quantitative estimate of drug-likeness (QED) is 0.656. The van der Waals surface area contributed by atoms with Crippen molar-refractivity contribution in [2.45, 2.75) is 19.0 Å². The van der Waals surface area contributed by atoms with Crippen molar-refractivity contribution in [3.05, 3.63) is 53.6 Å². The maximum atomic E-state index is 12.3. The van der Waals surface area contributed by atoms with E-state index in [1.54, 1.807) is 7.11 Å². The molecule has 0 aliphatic carbocycles. The van der Waals surface area contributed by atoms with Crippen LogP contribution in [0.5, 0.6) is 5.75 Å². The standard InChI is InChI=1S/C20H22N4O2S/c1-13-5-6-14(2)17(11-13)21-18(25)12-27-20-23-22-19(24(20)3)15-7-9-16(26-4)10-8-15/h5-11H,12H2,1-4H3,(H,21,25). The van der Waals surface area contributed by atoms with Crippen LogP contribution in [0.2, 0.25) is 0 Å². The van der Waals surface area contributed by atoms with E-state index in [1.165, 1.54) is 11.8 Å². The first-order chi connectivity index (χ1) is 13.0. The molecule has 3 rings (SSSR count). The van der Waals surface area contributed by atoms with Gasteiger partial charge in [0.05, 0.1) is 12.9 Å². The van der Waals surface area contributed by atoms with Gasteiger partial charge in [0.1, 0.15) is 5.75 Å². The molecule has 1 aromatic heterocycles. The van der Waals surface area contributed by atoms with Gasteiger partial charge in [-0.2, -0.15) is 0 Å². The molecule has 2 aromatic carbocycles. The molecule has 0 radical (unpaired) electrons. The lowest BCUT2D eigenvalue weighted by molar-refractivity contribution is -0.113. The predicted molar refractivity (Wildman–Crippen MR) is 108 cm³/mol. The Kier molecular flexibility index (Phi) is 5.81. The lowest BCUT2D eigenvalue weighted by Gasteiger charge is -2.09. The molecule has 0 spiro atoms. The van der Waals surface area contributed by atoms with Gasteiger partial charge in [-0.05, 0) is 55.3 Å². The number of benzene rings is 2. The summed E-state index contributed by atoms with van der Waals surface area (Å²) in [5.41, 5.74) is 3.94. The highest BCUT2D eigenvalue weighted by Gasteiger charge is 2.13. The number of hydrogen-bond acceptors (Lipinski definition) is 5. The van der Waals surface area contributed by atoms with Crippen LogP contribution in [-0.2, 0) is 11.8 Å². The van der Waals surface area contributed by atoms with Crippen molar-refractivity contribution in [2.75, 3.05) is 18.2 Å². The fourth-order valence-corrected chi connectivity index (χ4v) is 3.33. The van der Waals surface area contributed by atoms with Crippen LogP contribution < -0.4 is 10.1 Å². The fraction of sp³-hybridized carbons (Fsp3) is 0.250. The predicted octanol–water partition coefficient (Wildman–Crippen LogP) is 3.84. The second-order valence-corrected chi connectivity index (χ2v) is 7.19. The molecule has 0 saturated heterocycles. The van der Waals surface area contributed by atoms with Gasteiger partial charge in [0.2, 0.25) is 5.91 Å². The average molecular weight is 382 g/mol. The van der Waals surface area contributed by atoms with E-state index in [9.17, 15) is 4.79 Å². The van der Waals surface area contributed by atoms with Crippen molar-refractivity contribution in [2.24, 2.45) is 7.05 Å². The highest BCUT2D eigenvalue weighted by molar-refractivity contribution is 7.99. The molecule has 1 N–H and O–H groups in total. The van der Waals surface area contributed by atoms with Crippen molar-refractivity contribution in [1.29, 1.82) is 0 Å². The zero-order valence-corrected chi connectivity index (χ0v) is 16.6. The minimum Gasteiger partial charge on any atom is -0.497 e. The van der Waals surface area contributed by atoms with E-state index in [0.29, 0.717) is 5.16 Å². The van der Waals surface area contributed by atoms with E-state index in [1.807, 2.05) is 67.9 Å². The maximum Gasteiger partial charge on any atom is 0.234 e. The highest BCUT2D eigenvalue weighted by atomic mass is 32.2. The summed E-state index contributed by atoms with van der Waals surface area (Å²) in [6, 6.07) is 13.6. The van der Waals surface area contributed by atoms with Crippen LogP contribution in [0.4, 0.5) is 5.69 Å². The smallest absolute Gasteiger partial charge is 0.234 e. The van der Waals surface area contributed by atoms with Crippen LogP contribution in [0.15, 0.2) is 47.6 Å². The molecule has 3 aromatic rings. The van der Waals surface area contributed by atoms with Gasteiger partial charge in [0.15, 0.2) is 11.0 Å². The number of methoxy groups -OCH3 is 1. The second kappa shape index (κ2) is 8.26. The summed E-state index contributed by atoms with van der Waals surface area (Å²) < 4.78 is 7.07. The van der Waals surface area contributed by atoms with Crippen molar-refractivity contribution in [3.8, 4) is 17.1 Å². The van der Waals surface area contributed by atoms with Gasteiger partial charge in [0.25, 0.3) is 0 Å². The van der Waals surface area contributed by atoms with Gasteiger partial charge < -0.3 is 14.6 Å². The third kappa shape index (κ3) is 4.49. The minimum absolute atomic E-state index is 0.0669. The molecule has 140 valence electrons. The summed E-state index contributed by atoms with van der Waals surface area (Å²) in [4.78, 5) is 12.3. The van der Waals surface area contributed by atoms with Gasteiger partial charge in [-0.25, -0.2) is 0 Å². The second-order valence-electron chi connectivity index (χ2n) is 6.25. The van der Waals surface area contributed by atoms with E-state index in [4.69, 9.17) is 4.74 Å². The van der Waals surface area contributed by atoms with Crippen molar-refractivity contribution in [3.63, 3.8) is 0 Å². The van der Waals surface area contributed by atoms with Crippen molar-refractivity contribution >= 4 is 23.4 Å².